The van der Waals surface area contributed by atoms with Gasteiger partial charge < -0.3 is 9.84 Å². The highest BCUT2D eigenvalue weighted by atomic mass is 79.9. The number of halogens is 1. The molecule has 1 N–H and O–H groups in total. The fraction of sp³-hybridized carbons (Fsp3) is 0.294. The summed E-state index contributed by atoms with van der Waals surface area (Å²) in [6.07, 6.45) is -0.473. The summed E-state index contributed by atoms with van der Waals surface area (Å²) in [5.74, 6) is 0.820. The molecule has 3 heteroatoms. The largest absolute Gasteiger partial charge is 0.491 e. The van der Waals surface area contributed by atoms with E-state index in [9.17, 15) is 5.11 Å². The van der Waals surface area contributed by atoms with Crippen LogP contribution >= 0.6 is 15.9 Å². The van der Waals surface area contributed by atoms with E-state index < -0.39 is 6.10 Å². The molecule has 0 aliphatic heterocycles. The third kappa shape index (κ3) is 3.62. The molecular formula is C17H19BrO2. The molecule has 2 nitrogen and oxygen atoms in total. The summed E-state index contributed by atoms with van der Waals surface area (Å²) >= 11 is 3.49. The molecule has 2 aromatic rings. The van der Waals surface area contributed by atoms with Crippen molar-refractivity contribution in [3.8, 4) is 5.75 Å². The van der Waals surface area contributed by atoms with Gasteiger partial charge in [0.1, 0.15) is 11.9 Å². The van der Waals surface area contributed by atoms with Crippen molar-refractivity contribution in [3.63, 3.8) is 0 Å². The summed E-state index contributed by atoms with van der Waals surface area (Å²) in [6, 6.07) is 13.5. The van der Waals surface area contributed by atoms with Crippen LogP contribution in [0.3, 0.4) is 0 Å². The lowest BCUT2D eigenvalue weighted by molar-refractivity contribution is 0.219. The van der Waals surface area contributed by atoms with Gasteiger partial charge in [0, 0.05) is 4.47 Å². The normalized spacial score (nSPS) is 12.5. The maximum absolute atomic E-state index is 10.4. The predicted octanol–water partition coefficient (Wildman–Crippen LogP) is 4.63. The molecule has 0 amide bonds. The molecule has 2 aromatic carbocycles. The highest BCUT2D eigenvalue weighted by Crippen LogP contribution is 2.27. The molecule has 1 atom stereocenters. The van der Waals surface area contributed by atoms with Crippen molar-refractivity contribution in [3.05, 3.63) is 63.6 Å². The van der Waals surface area contributed by atoms with Crippen molar-refractivity contribution < 1.29 is 9.84 Å². The van der Waals surface area contributed by atoms with Crippen LogP contribution in [0.4, 0.5) is 0 Å². The van der Waals surface area contributed by atoms with Crippen LogP contribution in [0.5, 0.6) is 5.75 Å². The third-order valence-electron chi connectivity index (χ3n) is 3.08. The summed E-state index contributed by atoms with van der Waals surface area (Å²) in [7, 11) is 0. The van der Waals surface area contributed by atoms with E-state index in [2.05, 4.69) is 15.9 Å². The number of aliphatic hydroxyl groups is 1. The molecule has 0 fully saturated rings. The molecule has 0 saturated heterocycles. The standard InChI is InChI=1S/C17H19BrO2/c1-11(2)20-15-8-6-13(7-9-15)17(19)14-5-4-12(3)16(18)10-14/h4-11,17,19H,1-3H3. The number of ether oxygens (including phenoxy) is 1. The van der Waals surface area contributed by atoms with Crippen LogP contribution in [0.2, 0.25) is 0 Å². The predicted molar refractivity (Wildman–Crippen MR) is 85.1 cm³/mol. The van der Waals surface area contributed by atoms with Crippen molar-refractivity contribution in [1.29, 1.82) is 0 Å². The second-order valence-electron chi connectivity index (χ2n) is 5.15. The Morgan fingerprint density at radius 1 is 1.00 bits per heavy atom. The van der Waals surface area contributed by atoms with Crippen molar-refractivity contribution in [2.75, 3.05) is 0 Å². The first-order valence-electron chi connectivity index (χ1n) is 6.68. The average Bonchev–Trinajstić information content (AvgIpc) is 2.41. The zero-order chi connectivity index (χ0) is 14.7. The first kappa shape index (κ1) is 15.1. The Morgan fingerprint density at radius 2 is 1.60 bits per heavy atom. The van der Waals surface area contributed by atoms with Gasteiger partial charge >= 0.3 is 0 Å². The van der Waals surface area contributed by atoms with E-state index in [0.29, 0.717) is 0 Å². The van der Waals surface area contributed by atoms with Gasteiger partial charge in [-0.3, -0.25) is 0 Å². The van der Waals surface area contributed by atoms with Crippen LogP contribution in [-0.4, -0.2) is 11.2 Å². The first-order chi connectivity index (χ1) is 9.47. The second kappa shape index (κ2) is 6.42. The van der Waals surface area contributed by atoms with E-state index in [1.165, 1.54) is 0 Å². The van der Waals surface area contributed by atoms with Crippen LogP contribution < -0.4 is 4.74 Å². The Hall–Kier alpha value is -1.32. The van der Waals surface area contributed by atoms with Crippen LogP contribution in [0.1, 0.15) is 36.6 Å². The minimum atomic E-state index is -0.625. The Balaban J connectivity index is 2.20. The molecule has 0 heterocycles. The van der Waals surface area contributed by atoms with Crippen LogP contribution in [-0.2, 0) is 0 Å². The molecule has 0 bridgehead atoms. The van der Waals surface area contributed by atoms with E-state index >= 15 is 0 Å². The Kier molecular flexibility index (Phi) is 4.84. The average molecular weight is 335 g/mol. The van der Waals surface area contributed by atoms with Gasteiger partial charge in [-0.1, -0.05) is 40.2 Å². The Labute approximate surface area is 128 Å². The first-order valence-corrected chi connectivity index (χ1v) is 7.47. The molecular weight excluding hydrogens is 316 g/mol. The van der Waals surface area contributed by atoms with E-state index in [1.54, 1.807) is 0 Å². The Morgan fingerprint density at radius 3 is 2.15 bits per heavy atom. The van der Waals surface area contributed by atoms with Gasteiger partial charge in [0.05, 0.1) is 6.10 Å². The third-order valence-corrected chi connectivity index (χ3v) is 3.93. The number of aliphatic hydroxyl groups excluding tert-OH is 1. The van der Waals surface area contributed by atoms with Gasteiger partial charge in [0.15, 0.2) is 0 Å². The number of hydrogen-bond donors (Lipinski definition) is 1. The van der Waals surface area contributed by atoms with E-state index in [1.807, 2.05) is 63.2 Å². The smallest absolute Gasteiger partial charge is 0.119 e. The Bertz CT molecular complexity index is 576. The van der Waals surface area contributed by atoms with Gasteiger partial charge in [0.25, 0.3) is 0 Å². The second-order valence-corrected chi connectivity index (χ2v) is 6.00. The zero-order valence-electron chi connectivity index (χ0n) is 11.9. The van der Waals surface area contributed by atoms with Gasteiger partial charge in [0.2, 0.25) is 0 Å². The highest BCUT2D eigenvalue weighted by molar-refractivity contribution is 9.10. The van der Waals surface area contributed by atoms with Crippen LogP contribution in [0.15, 0.2) is 46.9 Å². The summed E-state index contributed by atoms with van der Waals surface area (Å²) in [4.78, 5) is 0. The lowest BCUT2D eigenvalue weighted by Gasteiger charge is -2.14. The van der Waals surface area contributed by atoms with Crippen LogP contribution in [0, 0.1) is 6.92 Å². The monoisotopic (exact) mass is 334 g/mol. The van der Waals surface area contributed by atoms with Gasteiger partial charge in [-0.05, 0) is 55.7 Å². The highest BCUT2D eigenvalue weighted by Gasteiger charge is 2.11. The van der Waals surface area contributed by atoms with Crippen molar-refractivity contribution in [1.82, 2.24) is 0 Å². The minimum Gasteiger partial charge on any atom is -0.491 e. The summed E-state index contributed by atoms with van der Waals surface area (Å²) in [5, 5.41) is 10.4. The number of aryl methyl sites for hydroxylation is 1. The molecule has 2 rings (SSSR count). The summed E-state index contributed by atoms with van der Waals surface area (Å²) < 4.78 is 6.61. The summed E-state index contributed by atoms with van der Waals surface area (Å²) in [5.41, 5.74) is 2.89. The van der Waals surface area contributed by atoms with Crippen molar-refractivity contribution >= 4 is 15.9 Å². The van der Waals surface area contributed by atoms with Gasteiger partial charge in [-0.2, -0.15) is 0 Å². The van der Waals surface area contributed by atoms with Gasteiger partial charge in [-0.25, -0.2) is 0 Å². The fourth-order valence-electron chi connectivity index (χ4n) is 1.97. The number of rotatable bonds is 4. The van der Waals surface area contributed by atoms with E-state index in [4.69, 9.17) is 4.74 Å². The van der Waals surface area contributed by atoms with E-state index in [0.717, 1.165) is 26.9 Å². The topological polar surface area (TPSA) is 29.5 Å². The maximum atomic E-state index is 10.4. The fourth-order valence-corrected chi connectivity index (χ4v) is 2.37. The van der Waals surface area contributed by atoms with Crippen molar-refractivity contribution in [2.45, 2.75) is 33.0 Å². The number of benzene rings is 2. The molecule has 0 aromatic heterocycles. The quantitative estimate of drug-likeness (QED) is 0.883. The van der Waals surface area contributed by atoms with Crippen LogP contribution in [0.25, 0.3) is 0 Å². The molecule has 0 spiro atoms. The lowest BCUT2D eigenvalue weighted by atomic mass is 10.0. The zero-order valence-corrected chi connectivity index (χ0v) is 13.5. The SMILES string of the molecule is Cc1ccc(C(O)c2ccc(OC(C)C)cc2)cc1Br. The maximum Gasteiger partial charge on any atom is 0.119 e. The molecule has 20 heavy (non-hydrogen) atoms. The van der Waals surface area contributed by atoms with Crippen molar-refractivity contribution in [2.24, 2.45) is 0 Å². The molecule has 0 radical (unpaired) electrons. The lowest BCUT2D eigenvalue weighted by Crippen LogP contribution is -2.06. The van der Waals surface area contributed by atoms with E-state index in [-0.39, 0.29) is 6.10 Å². The molecule has 1 unspecified atom stereocenters. The molecule has 0 aliphatic rings. The number of hydrogen-bond acceptors (Lipinski definition) is 2. The molecule has 0 aliphatic carbocycles. The van der Waals surface area contributed by atoms with Gasteiger partial charge in [-0.15, -0.1) is 0 Å². The minimum absolute atomic E-state index is 0.152. The summed E-state index contributed by atoms with van der Waals surface area (Å²) in [6.45, 7) is 6.01. The molecule has 0 saturated carbocycles. The molecule has 106 valence electrons.